The number of carbonyl (C=O) groups is 2. The Labute approximate surface area is 129 Å². The lowest BCUT2D eigenvalue weighted by atomic mass is 9.93. The number of aromatic nitrogens is 1. The smallest absolute Gasteiger partial charge is 0.314 e. The normalized spacial score (nSPS) is 11.2. The highest BCUT2D eigenvalue weighted by atomic mass is 32.1. The number of carbonyl (C=O) groups excluding carboxylic acids is 1. The van der Waals surface area contributed by atoms with Crippen molar-refractivity contribution in [1.82, 2.24) is 15.6 Å². The molecule has 2 amide bonds. The third-order valence-corrected chi connectivity index (χ3v) is 3.71. The molecule has 0 saturated carbocycles. The fraction of sp³-hybridized carbons (Fsp3) is 0.643. The Morgan fingerprint density at radius 2 is 1.95 bits per heavy atom. The Morgan fingerprint density at radius 3 is 2.52 bits per heavy atom. The molecule has 7 heteroatoms. The lowest BCUT2D eigenvalue weighted by Crippen LogP contribution is -2.37. The highest BCUT2D eigenvalue weighted by Gasteiger charge is 2.17. The van der Waals surface area contributed by atoms with Crippen LogP contribution in [-0.4, -0.2) is 35.2 Å². The van der Waals surface area contributed by atoms with E-state index in [0.717, 1.165) is 10.7 Å². The number of nitrogens with zero attached hydrogens (tertiary/aromatic N) is 1. The minimum Gasteiger partial charge on any atom is -0.481 e. The van der Waals surface area contributed by atoms with E-state index in [1.54, 1.807) is 11.3 Å². The summed E-state index contributed by atoms with van der Waals surface area (Å²) in [7, 11) is 0. The summed E-state index contributed by atoms with van der Waals surface area (Å²) >= 11 is 1.60. The summed E-state index contributed by atoms with van der Waals surface area (Å²) in [5.74, 6) is -0.851. The van der Waals surface area contributed by atoms with Gasteiger partial charge in [-0.1, -0.05) is 20.8 Å². The number of carboxylic acid groups (broad SMARTS) is 1. The van der Waals surface area contributed by atoms with E-state index in [0.29, 0.717) is 25.9 Å². The molecule has 0 atom stereocenters. The van der Waals surface area contributed by atoms with E-state index in [2.05, 4.69) is 41.8 Å². The first-order chi connectivity index (χ1) is 9.79. The van der Waals surface area contributed by atoms with Crippen molar-refractivity contribution in [3.63, 3.8) is 0 Å². The van der Waals surface area contributed by atoms with Crippen LogP contribution in [0.5, 0.6) is 0 Å². The summed E-state index contributed by atoms with van der Waals surface area (Å²) in [4.78, 5) is 26.3. The average Bonchev–Trinajstić information content (AvgIpc) is 2.83. The maximum Gasteiger partial charge on any atom is 0.314 e. The van der Waals surface area contributed by atoms with E-state index in [4.69, 9.17) is 5.11 Å². The third-order valence-electron chi connectivity index (χ3n) is 2.80. The zero-order chi connectivity index (χ0) is 15.9. The molecule has 1 heterocycles. The van der Waals surface area contributed by atoms with Crippen LogP contribution in [0.2, 0.25) is 0 Å². The molecule has 0 fully saturated rings. The number of aliphatic carboxylic acids is 1. The summed E-state index contributed by atoms with van der Waals surface area (Å²) in [6, 6.07) is -0.270. The van der Waals surface area contributed by atoms with Gasteiger partial charge in [0.1, 0.15) is 0 Å². The van der Waals surface area contributed by atoms with Gasteiger partial charge >= 0.3 is 12.0 Å². The minimum absolute atomic E-state index is 0.0453. The topological polar surface area (TPSA) is 91.3 Å². The highest BCUT2D eigenvalue weighted by molar-refractivity contribution is 7.09. The van der Waals surface area contributed by atoms with Crippen LogP contribution < -0.4 is 10.6 Å². The van der Waals surface area contributed by atoms with Crippen molar-refractivity contribution in [2.75, 3.05) is 13.1 Å². The zero-order valence-corrected chi connectivity index (χ0v) is 13.5. The minimum atomic E-state index is -0.851. The van der Waals surface area contributed by atoms with Crippen molar-refractivity contribution in [3.05, 3.63) is 16.1 Å². The third kappa shape index (κ3) is 7.08. The average molecular weight is 313 g/mol. The number of hydrogen-bond donors (Lipinski definition) is 3. The van der Waals surface area contributed by atoms with Crippen LogP contribution in [0.25, 0.3) is 0 Å². The van der Waals surface area contributed by atoms with Crippen molar-refractivity contribution in [2.24, 2.45) is 0 Å². The molecular formula is C14H23N3O3S. The van der Waals surface area contributed by atoms with Gasteiger partial charge in [0.15, 0.2) is 0 Å². The van der Waals surface area contributed by atoms with Gasteiger partial charge in [0, 0.05) is 36.7 Å². The van der Waals surface area contributed by atoms with Gasteiger partial charge in [-0.2, -0.15) is 0 Å². The molecule has 0 aliphatic heterocycles. The second-order valence-corrected chi connectivity index (χ2v) is 6.75. The van der Waals surface area contributed by atoms with Crippen molar-refractivity contribution >= 4 is 23.3 Å². The molecule has 0 radical (unpaired) electrons. The van der Waals surface area contributed by atoms with Gasteiger partial charge in [-0.25, -0.2) is 9.78 Å². The maximum atomic E-state index is 11.5. The SMILES string of the molecule is CC(C)(C)c1csc(CCNC(=O)NCCCC(=O)O)n1. The first-order valence-corrected chi connectivity index (χ1v) is 7.85. The Hall–Kier alpha value is -1.63. The van der Waals surface area contributed by atoms with E-state index < -0.39 is 5.97 Å². The van der Waals surface area contributed by atoms with Crippen LogP contribution in [0.1, 0.15) is 44.3 Å². The highest BCUT2D eigenvalue weighted by Crippen LogP contribution is 2.23. The number of thiazole rings is 1. The molecule has 0 unspecified atom stereocenters. The van der Waals surface area contributed by atoms with Crippen LogP contribution in [0, 0.1) is 0 Å². The molecule has 6 nitrogen and oxygen atoms in total. The van der Waals surface area contributed by atoms with Crippen LogP contribution >= 0.6 is 11.3 Å². The lowest BCUT2D eigenvalue weighted by Gasteiger charge is -2.14. The zero-order valence-electron chi connectivity index (χ0n) is 12.7. The van der Waals surface area contributed by atoms with Crippen LogP contribution in [-0.2, 0) is 16.6 Å². The first-order valence-electron chi connectivity index (χ1n) is 6.97. The molecule has 0 bridgehead atoms. The van der Waals surface area contributed by atoms with Crippen LogP contribution in [0.3, 0.4) is 0 Å². The fourth-order valence-electron chi connectivity index (χ4n) is 1.56. The van der Waals surface area contributed by atoms with E-state index in [-0.39, 0.29) is 17.9 Å². The van der Waals surface area contributed by atoms with Gasteiger partial charge in [0.05, 0.1) is 10.7 Å². The van der Waals surface area contributed by atoms with Crippen LogP contribution in [0.15, 0.2) is 5.38 Å². The molecule has 1 aromatic rings. The monoisotopic (exact) mass is 313 g/mol. The summed E-state index contributed by atoms with van der Waals surface area (Å²) in [6.45, 7) is 7.24. The van der Waals surface area contributed by atoms with Gasteiger partial charge in [0.2, 0.25) is 0 Å². The number of hydrogen-bond acceptors (Lipinski definition) is 4. The maximum absolute atomic E-state index is 11.5. The van der Waals surface area contributed by atoms with Gasteiger partial charge in [-0.3, -0.25) is 4.79 Å². The Balaban J connectivity index is 2.20. The molecule has 0 saturated heterocycles. The Kier molecular flexibility index (Phi) is 6.61. The first kappa shape index (κ1) is 17.4. The molecule has 0 aliphatic carbocycles. The molecule has 1 aromatic heterocycles. The molecule has 0 aliphatic rings. The van der Waals surface area contributed by atoms with Crippen LogP contribution in [0.4, 0.5) is 4.79 Å². The number of carboxylic acids is 1. The molecule has 1 rings (SSSR count). The van der Waals surface area contributed by atoms with E-state index in [9.17, 15) is 9.59 Å². The second kappa shape index (κ2) is 7.97. The summed E-state index contributed by atoms with van der Waals surface area (Å²) in [5, 5.41) is 16.9. The predicted octanol–water partition coefficient (Wildman–Crippen LogP) is 2.15. The van der Waals surface area contributed by atoms with Gasteiger partial charge in [-0.05, 0) is 6.42 Å². The van der Waals surface area contributed by atoms with E-state index in [1.165, 1.54) is 0 Å². The van der Waals surface area contributed by atoms with Crippen molar-refractivity contribution in [1.29, 1.82) is 0 Å². The number of rotatable bonds is 7. The molecule has 0 aromatic carbocycles. The quantitative estimate of drug-likeness (QED) is 0.673. The van der Waals surface area contributed by atoms with E-state index >= 15 is 0 Å². The molecule has 21 heavy (non-hydrogen) atoms. The van der Waals surface area contributed by atoms with Gasteiger partial charge < -0.3 is 15.7 Å². The second-order valence-electron chi connectivity index (χ2n) is 5.81. The number of amides is 2. The molecule has 3 N–H and O–H groups in total. The molecule has 0 spiro atoms. The van der Waals surface area contributed by atoms with Gasteiger partial charge in [-0.15, -0.1) is 11.3 Å². The largest absolute Gasteiger partial charge is 0.481 e. The number of nitrogens with one attached hydrogen (secondary N) is 2. The Bertz CT molecular complexity index is 480. The molecular weight excluding hydrogens is 290 g/mol. The summed E-state index contributed by atoms with van der Waals surface area (Å²) in [5.41, 5.74) is 1.12. The fourth-order valence-corrected chi connectivity index (χ4v) is 2.58. The van der Waals surface area contributed by atoms with E-state index in [1.807, 2.05) is 0 Å². The van der Waals surface area contributed by atoms with Crippen molar-refractivity contribution in [3.8, 4) is 0 Å². The summed E-state index contributed by atoms with van der Waals surface area (Å²) in [6.07, 6.45) is 1.20. The van der Waals surface area contributed by atoms with Crippen molar-refractivity contribution in [2.45, 2.75) is 45.4 Å². The lowest BCUT2D eigenvalue weighted by molar-refractivity contribution is -0.137. The Morgan fingerprint density at radius 1 is 1.29 bits per heavy atom. The van der Waals surface area contributed by atoms with Gasteiger partial charge in [0.25, 0.3) is 0 Å². The predicted molar refractivity (Wildman–Crippen MR) is 82.8 cm³/mol. The standard InChI is InChI=1S/C14H23N3O3S/c1-14(2,3)10-9-21-11(17-10)6-8-16-13(20)15-7-4-5-12(18)19/h9H,4-8H2,1-3H3,(H,18,19)(H2,15,16,20). The molecule has 118 valence electrons. The van der Waals surface area contributed by atoms with Crippen molar-refractivity contribution < 1.29 is 14.7 Å². The number of urea groups is 1. The summed E-state index contributed by atoms with van der Waals surface area (Å²) < 4.78 is 0.